The SMILES string of the molecule is COCCN(C/C=C/C(=O)O)C(C)COC. The Kier molecular flexibility index (Phi) is 8.80. The summed E-state index contributed by atoms with van der Waals surface area (Å²) in [6.45, 7) is 4.61. The van der Waals surface area contributed by atoms with Gasteiger partial charge in [-0.05, 0) is 6.92 Å². The Morgan fingerprint density at radius 3 is 2.62 bits per heavy atom. The van der Waals surface area contributed by atoms with Crippen LogP contribution < -0.4 is 0 Å². The van der Waals surface area contributed by atoms with Crippen molar-refractivity contribution in [3.63, 3.8) is 0 Å². The molecule has 1 atom stereocenters. The highest BCUT2D eigenvalue weighted by Gasteiger charge is 2.11. The number of hydrogen-bond donors (Lipinski definition) is 1. The molecule has 0 aliphatic rings. The largest absolute Gasteiger partial charge is 0.478 e. The minimum absolute atomic E-state index is 0.235. The van der Waals surface area contributed by atoms with Crippen molar-refractivity contribution in [2.45, 2.75) is 13.0 Å². The zero-order chi connectivity index (χ0) is 12.4. The van der Waals surface area contributed by atoms with E-state index in [-0.39, 0.29) is 6.04 Å². The predicted octanol–water partition coefficient (Wildman–Crippen LogP) is 0.611. The fourth-order valence-corrected chi connectivity index (χ4v) is 1.34. The van der Waals surface area contributed by atoms with Crippen molar-refractivity contribution in [3.8, 4) is 0 Å². The highest BCUT2D eigenvalue weighted by atomic mass is 16.5. The number of carboxylic acid groups (broad SMARTS) is 1. The number of rotatable bonds is 9. The summed E-state index contributed by atoms with van der Waals surface area (Å²) in [5, 5.41) is 8.49. The summed E-state index contributed by atoms with van der Waals surface area (Å²) in [4.78, 5) is 12.4. The number of hydrogen-bond acceptors (Lipinski definition) is 4. The Balaban J connectivity index is 4.13. The number of aliphatic carboxylic acids is 1. The van der Waals surface area contributed by atoms with Crippen molar-refractivity contribution in [3.05, 3.63) is 12.2 Å². The lowest BCUT2D eigenvalue weighted by Gasteiger charge is -2.27. The molecule has 0 heterocycles. The normalized spacial score (nSPS) is 13.5. The van der Waals surface area contributed by atoms with Gasteiger partial charge in [0.15, 0.2) is 0 Å². The monoisotopic (exact) mass is 231 g/mol. The molecule has 0 radical (unpaired) electrons. The molecule has 0 saturated carbocycles. The molecule has 0 saturated heterocycles. The predicted molar refractivity (Wildman–Crippen MR) is 61.6 cm³/mol. The van der Waals surface area contributed by atoms with Crippen molar-refractivity contribution in [2.24, 2.45) is 0 Å². The summed E-state index contributed by atoms with van der Waals surface area (Å²) in [6.07, 6.45) is 2.78. The zero-order valence-electron chi connectivity index (χ0n) is 10.2. The summed E-state index contributed by atoms with van der Waals surface area (Å²) >= 11 is 0. The lowest BCUT2D eigenvalue weighted by molar-refractivity contribution is -0.131. The first-order valence-electron chi connectivity index (χ1n) is 5.23. The van der Waals surface area contributed by atoms with Gasteiger partial charge in [-0.1, -0.05) is 6.08 Å². The average Bonchev–Trinajstić information content (AvgIpc) is 2.22. The molecule has 0 aliphatic heterocycles. The van der Waals surface area contributed by atoms with E-state index in [9.17, 15) is 4.79 Å². The molecule has 5 heteroatoms. The minimum Gasteiger partial charge on any atom is -0.478 e. The van der Waals surface area contributed by atoms with Gasteiger partial charge in [-0.15, -0.1) is 0 Å². The molecule has 0 aromatic rings. The molecular formula is C11H21NO4. The molecule has 1 N–H and O–H groups in total. The van der Waals surface area contributed by atoms with E-state index in [2.05, 4.69) is 4.90 Å². The second kappa shape index (κ2) is 9.33. The van der Waals surface area contributed by atoms with Gasteiger partial charge in [0.05, 0.1) is 13.2 Å². The number of nitrogens with zero attached hydrogens (tertiary/aromatic N) is 1. The molecule has 1 unspecified atom stereocenters. The maximum Gasteiger partial charge on any atom is 0.328 e. The van der Waals surface area contributed by atoms with Gasteiger partial charge in [-0.3, -0.25) is 4.90 Å². The minimum atomic E-state index is -0.925. The van der Waals surface area contributed by atoms with Gasteiger partial charge in [0.1, 0.15) is 0 Å². The van der Waals surface area contributed by atoms with E-state index in [1.165, 1.54) is 0 Å². The third kappa shape index (κ3) is 7.39. The molecule has 94 valence electrons. The summed E-state index contributed by atoms with van der Waals surface area (Å²) in [5.74, 6) is -0.925. The Morgan fingerprint density at radius 1 is 1.44 bits per heavy atom. The summed E-state index contributed by atoms with van der Waals surface area (Å²) < 4.78 is 10.1. The number of carbonyl (C=O) groups is 1. The van der Waals surface area contributed by atoms with Gasteiger partial charge in [-0.2, -0.15) is 0 Å². The Morgan fingerprint density at radius 2 is 2.12 bits per heavy atom. The quantitative estimate of drug-likeness (QED) is 0.589. The van der Waals surface area contributed by atoms with E-state index < -0.39 is 5.97 Å². The van der Waals surface area contributed by atoms with E-state index in [4.69, 9.17) is 14.6 Å². The van der Waals surface area contributed by atoms with Crippen LogP contribution in [0.3, 0.4) is 0 Å². The van der Waals surface area contributed by atoms with Crippen LogP contribution in [0.15, 0.2) is 12.2 Å². The average molecular weight is 231 g/mol. The van der Waals surface area contributed by atoms with E-state index >= 15 is 0 Å². The van der Waals surface area contributed by atoms with Gasteiger partial charge < -0.3 is 14.6 Å². The van der Waals surface area contributed by atoms with Crippen LogP contribution in [0.1, 0.15) is 6.92 Å². The van der Waals surface area contributed by atoms with Crippen molar-refractivity contribution in [2.75, 3.05) is 40.5 Å². The van der Waals surface area contributed by atoms with Crippen molar-refractivity contribution in [1.82, 2.24) is 4.90 Å². The lowest BCUT2D eigenvalue weighted by Crippen LogP contribution is -2.38. The molecular weight excluding hydrogens is 210 g/mol. The van der Waals surface area contributed by atoms with Crippen LogP contribution in [0.2, 0.25) is 0 Å². The molecule has 0 aliphatic carbocycles. The first-order valence-corrected chi connectivity index (χ1v) is 5.23. The van der Waals surface area contributed by atoms with Gasteiger partial charge >= 0.3 is 5.97 Å². The zero-order valence-corrected chi connectivity index (χ0v) is 10.2. The second-order valence-electron chi connectivity index (χ2n) is 3.53. The standard InChI is InChI=1S/C11H21NO4/c1-10(9-16-3)12(7-8-15-2)6-4-5-11(13)14/h4-5,10H,6-9H2,1-3H3,(H,13,14)/b5-4+. The van der Waals surface area contributed by atoms with Crippen LogP contribution in [0.5, 0.6) is 0 Å². The highest BCUT2D eigenvalue weighted by Crippen LogP contribution is 2.00. The van der Waals surface area contributed by atoms with Crippen LogP contribution >= 0.6 is 0 Å². The van der Waals surface area contributed by atoms with Crippen molar-refractivity contribution < 1.29 is 19.4 Å². The Bertz CT molecular complexity index is 218. The van der Waals surface area contributed by atoms with Crippen LogP contribution in [0.4, 0.5) is 0 Å². The molecule has 0 aromatic heterocycles. The third-order valence-corrected chi connectivity index (χ3v) is 2.21. The van der Waals surface area contributed by atoms with Crippen LogP contribution in [0, 0.1) is 0 Å². The van der Waals surface area contributed by atoms with Crippen LogP contribution in [-0.2, 0) is 14.3 Å². The van der Waals surface area contributed by atoms with Gasteiger partial charge in [0.2, 0.25) is 0 Å². The molecule has 0 aromatic carbocycles. The van der Waals surface area contributed by atoms with Gasteiger partial charge in [0.25, 0.3) is 0 Å². The molecule has 0 fully saturated rings. The first-order chi connectivity index (χ1) is 7.61. The Hall–Kier alpha value is -0.910. The summed E-state index contributed by atoms with van der Waals surface area (Å²) in [5.41, 5.74) is 0. The number of ether oxygens (including phenoxy) is 2. The van der Waals surface area contributed by atoms with E-state index in [0.717, 1.165) is 12.6 Å². The fourth-order valence-electron chi connectivity index (χ4n) is 1.34. The first kappa shape index (κ1) is 15.1. The van der Waals surface area contributed by atoms with Crippen LogP contribution in [0.25, 0.3) is 0 Å². The maximum absolute atomic E-state index is 10.3. The Labute approximate surface area is 96.6 Å². The number of carboxylic acids is 1. The van der Waals surface area contributed by atoms with Crippen molar-refractivity contribution in [1.29, 1.82) is 0 Å². The van der Waals surface area contributed by atoms with Crippen molar-refractivity contribution >= 4 is 5.97 Å². The van der Waals surface area contributed by atoms with Crippen LogP contribution in [-0.4, -0.2) is 62.5 Å². The van der Waals surface area contributed by atoms with Gasteiger partial charge in [-0.25, -0.2) is 4.79 Å². The summed E-state index contributed by atoms with van der Waals surface area (Å²) in [7, 11) is 3.30. The highest BCUT2D eigenvalue weighted by molar-refractivity contribution is 5.79. The van der Waals surface area contributed by atoms with E-state index in [0.29, 0.717) is 19.8 Å². The smallest absolute Gasteiger partial charge is 0.328 e. The van der Waals surface area contributed by atoms with E-state index in [1.54, 1.807) is 20.3 Å². The third-order valence-electron chi connectivity index (χ3n) is 2.21. The van der Waals surface area contributed by atoms with Gasteiger partial charge in [0, 0.05) is 39.4 Å². The molecule has 0 rings (SSSR count). The molecule has 16 heavy (non-hydrogen) atoms. The molecule has 0 spiro atoms. The topological polar surface area (TPSA) is 59.0 Å². The summed E-state index contributed by atoms with van der Waals surface area (Å²) in [6, 6.07) is 0.235. The molecule has 0 amide bonds. The van der Waals surface area contributed by atoms with E-state index in [1.807, 2.05) is 6.92 Å². The maximum atomic E-state index is 10.3. The molecule has 5 nitrogen and oxygen atoms in total. The lowest BCUT2D eigenvalue weighted by atomic mass is 10.3. The second-order valence-corrected chi connectivity index (χ2v) is 3.53. The molecule has 0 bridgehead atoms. The fraction of sp³-hybridized carbons (Fsp3) is 0.727. The number of methoxy groups -OCH3 is 2.